The van der Waals surface area contributed by atoms with Crippen LogP contribution in [0.5, 0.6) is 0 Å². The van der Waals surface area contributed by atoms with E-state index in [2.05, 4.69) is 26.0 Å². The molecular weight excluding hydrogens is 347 g/mol. The minimum atomic E-state index is -3.81. The third kappa shape index (κ3) is 3.78. The van der Waals surface area contributed by atoms with Crippen LogP contribution in [0, 0.1) is 11.2 Å². The summed E-state index contributed by atoms with van der Waals surface area (Å²) in [6, 6.07) is 3.94. The van der Waals surface area contributed by atoms with E-state index in [1.54, 1.807) is 0 Å². The van der Waals surface area contributed by atoms with E-state index in [0.717, 1.165) is 32.0 Å². The van der Waals surface area contributed by atoms with E-state index in [-0.39, 0.29) is 10.3 Å². The lowest BCUT2D eigenvalue weighted by atomic mass is 9.81. The van der Waals surface area contributed by atoms with Crippen molar-refractivity contribution < 1.29 is 12.8 Å². The normalized spacial score (nSPS) is 18.9. The summed E-state index contributed by atoms with van der Waals surface area (Å²) in [6.07, 6.45) is 1.80. The molecule has 1 aromatic carbocycles. The van der Waals surface area contributed by atoms with Gasteiger partial charge < -0.3 is 5.32 Å². The van der Waals surface area contributed by atoms with Crippen LogP contribution in [-0.4, -0.2) is 28.1 Å². The van der Waals surface area contributed by atoms with E-state index in [1.807, 2.05) is 6.92 Å². The first-order valence-corrected chi connectivity index (χ1v) is 8.76. The summed E-state index contributed by atoms with van der Waals surface area (Å²) in [6.45, 7) is 4.14. The molecule has 7 heteroatoms. The second kappa shape index (κ2) is 6.09. The minimum Gasteiger partial charge on any atom is -0.317 e. The van der Waals surface area contributed by atoms with Gasteiger partial charge in [-0.15, -0.1) is 0 Å². The van der Waals surface area contributed by atoms with Crippen LogP contribution in [0.3, 0.4) is 0 Å². The first-order valence-electron chi connectivity index (χ1n) is 6.48. The van der Waals surface area contributed by atoms with E-state index in [1.165, 1.54) is 12.1 Å². The number of sulfonamides is 1. The van der Waals surface area contributed by atoms with Gasteiger partial charge in [-0.3, -0.25) is 0 Å². The van der Waals surface area contributed by atoms with Crippen molar-refractivity contribution in [3.8, 4) is 0 Å². The van der Waals surface area contributed by atoms with Gasteiger partial charge in [0.1, 0.15) is 10.7 Å². The Morgan fingerprint density at radius 3 is 2.65 bits per heavy atom. The van der Waals surface area contributed by atoms with Crippen LogP contribution in [0.2, 0.25) is 0 Å². The fraction of sp³-hybridized carbons (Fsp3) is 0.538. The molecule has 2 rings (SSSR count). The van der Waals surface area contributed by atoms with E-state index < -0.39 is 15.8 Å². The molecule has 1 aliphatic rings. The molecule has 0 spiro atoms. The maximum absolute atomic E-state index is 13.7. The predicted octanol–water partition coefficient (Wildman–Crippen LogP) is 2.26. The molecule has 0 bridgehead atoms. The molecule has 0 aromatic heterocycles. The Balaban J connectivity index is 2.11. The highest BCUT2D eigenvalue weighted by atomic mass is 79.9. The molecule has 0 saturated carbocycles. The monoisotopic (exact) mass is 364 g/mol. The first-order chi connectivity index (χ1) is 9.32. The summed E-state index contributed by atoms with van der Waals surface area (Å²) in [5.41, 5.74) is -0.0792. The van der Waals surface area contributed by atoms with Gasteiger partial charge >= 0.3 is 0 Å². The van der Waals surface area contributed by atoms with Crippen LogP contribution in [0.15, 0.2) is 27.6 Å². The summed E-state index contributed by atoms with van der Waals surface area (Å²) in [4.78, 5) is -0.307. The van der Waals surface area contributed by atoms with E-state index in [0.29, 0.717) is 11.0 Å². The molecular formula is C13H18BrFN2O2S. The number of piperidine rings is 1. The van der Waals surface area contributed by atoms with Crippen molar-refractivity contribution in [1.82, 2.24) is 10.0 Å². The quantitative estimate of drug-likeness (QED) is 0.861. The zero-order valence-electron chi connectivity index (χ0n) is 11.2. The van der Waals surface area contributed by atoms with Gasteiger partial charge in [0.15, 0.2) is 0 Å². The highest BCUT2D eigenvalue weighted by molar-refractivity contribution is 9.10. The van der Waals surface area contributed by atoms with Crippen LogP contribution >= 0.6 is 15.9 Å². The smallest absolute Gasteiger partial charge is 0.243 e. The van der Waals surface area contributed by atoms with Gasteiger partial charge in [0, 0.05) is 11.0 Å². The van der Waals surface area contributed by atoms with Crippen molar-refractivity contribution in [1.29, 1.82) is 0 Å². The first kappa shape index (κ1) is 15.9. The van der Waals surface area contributed by atoms with Crippen molar-refractivity contribution in [2.24, 2.45) is 5.41 Å². The molecule has 0 radical (unpaired) electrons. The molecule has 1 heterocycles. The number of rotatable bonds is 4. The number of nitrogens with one attached hydrogen (secondary N) is 2. The van der Waals surface area contributed by atoms with Crippen LogP contribution in [0.1, 0.15) is 19.8 Å². The molecule has 0 unspecified atom stereocenters. The molecule has 1 aromatic rings. The Hall–Kier alpha value is -0.500. The van der Waals surface area contributed by atoms with Gasteiger partial charge in [0.25, 0.3) is 0 Å². The highest BCUT2D eigenvalue weighted by Gasteiger charge is 2.29. The van der Waals surface area contributed by atoms with Gasteiger partial charge in [-0.1, -0.05) is 22.9 Å². The second-order valence-electron chi connectivity index (χ2n) is 5.46. The molecule has 0 amide bonds. The lowest BCUT2D eigenvalue weighted by Gasteiger charge is -2.34. The number of hydrogen-bond acceptors (Lipinski definition) is 3. The largest absolute Gasteiger partial charge is 0.317 e. The molecule has 1 saturated heterocycles. The van der Waals surface area contributed by atoms with Crippen LogP contribution in [-0.2, 0) is 10.0 Å². The van der Waals surface area contributed by atoms with Crippen molar-refractivity contribution in [2.45, 2.75) is 24.7 Å². The fourth-order valence-corrected chi connectivity index (χ4v) is 3.84. The standard InChI is InChI=1S/C13H18BrFN2O2S/c1-13(4-6-16-7-5-13)9-17-20(18,19)12-3-2-10(14)8-11(12)15/h2-3,8,16-17H,4-7,9H2,1H3. The van der Waals surface area contributed by atoms with Crippen molar-refractivity contribution >= 4 is 26.0 Å². The Morgan fingerprint density at radius 2 is 2.05 bits per heavy atom. The van der Waals surface area contributed by atoms with Gasteiger partial charge in [0.05, 0.1) is 0 Å². The Morgan fingerprint density at radius 1 is 1.40 bits per heavy atom. The average molecular weight is 365 g/mol. The SMILES string of the molecule is CC1(CNS(=O)(=O)c2ccc(Br)cc2F)CCNCC1. The lowest BCUT2D eigenvalue weighted by Crippen LogP contribution is -2.43. The molecule has 0 aliphatic carbocycles. The summed E-state index contributed by atoms with van der Waals surface area (Å²) in [7, 11) is -3.81. The maximum atomic E-state index is 13.7. The van der Waals surface area contributed by atoms with Crippen LogP contribution in [0.25, 0.3) is 0 Å². The van der Waals surface area contributed by atoms with Gasteiger partial charge in [-0.05, 0) is 49.5 Å². The summed E-state index contributed by atoms with van der Waals surface area (Å²) in [5, 5.41) is 3.24. The maximum Gasteiger partial charge on any atom is 0.243 e. The summed E-state index contributed by atoms with van der Waals surface area (Å²) < 4.78 is 41.1. The topological polar surface area (TPSA) is 58.2 Å². The van der Waals surface area contributed by atoms with Crippen molar-refractivity contribution in [3.05, 3.63) is 28.5 Å². The fourth-order valence-electron chi connectivity index (χ4n) is 2.25. The van der Waals surface area contributed by atoms with Crippen LogP contribution < -0.4 is 10.0 Å². The van der Waals surface area contributed by atoms with E-state index in [9.17, 15) is 12.8 Å². The van der Waals surface area contributed by atoms with E-state index in [4.69, 9.17) is 0 Å². The van der Waals surface area contributed by atoms with Gasteiger partial charge in [-0.25, -0.2) is 17.5 Å². The average Bonchev–Trinajstić information content (AvgIpc) is 2.37. The van der Waals surface area contributed by atoms with Gasteiger partial charge in [-0.2, -0.15) is 0 Å². The highest BCUT2D eigenvalue weighted by Crippen LogP contribution is 2.27. The van der Waals surface area contributed by atoms with Gasteiger partial charge in [0.2, 0.25) is 10.0 Å². The van der Waals surface area contributed by atoms with Crippen molar-refractivity contribution in [3.63, 3.8) is 0 Å². The lowest BCUT2D eigenvalue weighted by molar-refractivity contribution is 0.232. The molecule has 4 nitrogen and oxygen atoms in total. The Labute approximate surface area is 127 Å². The third-order valence-electron chi connectivity index (χ3n) is 3.68. The molecule has 20 heavy (non-hydrogen) atoms. The zero-order chi connectivity index (χ0) is 14.8. The van der Waals surface area contributed by atoms with Crippen molar-refractivity contribution in [2.75, 3.05) is 19.6 Å². The molecule has 0 atom stereocenters. The molecule has 112 valence electrons. The second-order valence-corrected chi connectivity index (χ2v) is 8.11. The summed E-state index contributed by atoms with van der Waals surface area (Å²) >= 11 is 3.11. The number of hydrogen-bond donors (Lipinski definition) is 2. The van der Waals surface area contributed by atoms with Crippen LogP contribution in [0.4, 0.5) is 4.39 Å². The summed E-state index contributed by atoms with van der Waals surface area (Å²) in [5.74, 6) is -0.748. The van der Waals surface area contributed by atoms with E-state index >= 15 is 0 Å². The Bertz CT molecular complexity index is 586. The number of halogens is 2. The Kier molecular flexibility index (Phi) is 4.84. The minimum absolute atomic E-state index is 0.0792. The third-order valence-corrected chi connectivity index (χ3v) is 5.61. The predicted molar refractivity (Wildman–Crippen MR) is 79.5 cm³/mol. The molecule has 2 N–H and O–H groups in total. The molecule has 1 fully saturated rings. The number of benzene rings is 1. The molecule has 1 aliphatic heterocycles. The zero-order valence-corrected chi connectivity index (χ0v) is 13.7.